The normalized spacial score (nSPS) is 39.5. The number of fused-ring (bicyclic) bond motifs is 4. The quantitative estimate of drug-likeness (QED) is 0.330. The molecule has 0 saturated heterocycles. The number of hydrogen-bond acceptors (Lipinski definition) is 4. The first-order valence-corrected chi connectivity index (χ1v) is 13.3. The summed E-state index contributed by atoms with van der Waals surface area (Å²) in [6, 6.07) is 0. The first kappa shape index (κ1) is 25.4. The summed E-state index contributed by atoms with van der Waals surface area (Å²) in [4.78, 5) is 41.2. The Hall–Kier alpha value is -1.71. The molecule has 4 bridgehead atoms. The van der Waals surface area contributed by atoms with Gasteiger partial charge in [0, 0.05) is 10.8 Å². The number of ketones is 2. The van der Waals surface area contributed by atoms with Crippen LogP contribution in [0.3, 0.4) is 0 Å². The Balaban J connectivity index is 1.92. The van der Waals surface area contributed by atoms with Crippen LogP contribution in [0, 0.1) is 44.8 Å². The van der Waals surface area contributed by atoms with Crippen LogP contribution in [0.5, 0.6) is 0 Å². The van der Waals surface area contributed by atoms with Gasteiger partial charge >= 0.3 is 5.97 Å². The number of ether oxygens (including phenoxy) is 1. The third-order valence-electron chi connectivity index (χ3n) is 11.0. The molecule has 0 amide bonds. The van der Waals surface area contributed by atoms with Crippen molar-refractivity contribution in [3.8, 4) is 0 Å². The zero-order valence-corrected chi connectivity index (χ0v) is 22.8. The summed E-state index contributed by atoms with van der Waals surface area (Å²) in [5, 5.41) is 0. The van der Waals surface area contributed by atoms with E-state index >= 15 is 0 Å². The predicted molar refractivity (Wildman–Crippen MR) is 134 cm³/mol. The van der Waals surface area contributed by atoms with Crippen LogP contribution in [0.2, 0.25) is 0 Å². The van der Waals surface area contributed by atoms with E-state index < -0.39 is 16.2 Å². The summed E-state index contributed by atoms with van der Waals surface area (Å²) in [7, 11) is 0. The second kappa shape index (κ2) is 7.64. The van der Waals surface area contributed by atoms with Crippen molar-refractivity contribution < 1.29 is 19.1 Å². The number of rotatable bonds is 6. The molecule has 0 aromatic carbocycles. The van der Waals surface area contributed by atoms with E-state index in [-0.39, 0.29) is 52.7 Å². The van der Waals surface area contributed by atoms with Gasteiger partial charge < -0.3 is 4.74 Å². The molecule has 4 fully saturated rings. The van der Waals surface area contributed by atoms with Crippen molar-refractivity contribution in [2.75, 3.05) is 6.61 Å². The van der Waals surface area contributed by atoms with Crippen LogP contribution in [0.15, 0.2) is 23.3 Å². The van der Waals surface area contributed by atoms with Gasteiger partial charge in [0.2, 0.25) is 0 Å². The van der Waals surface area contributed by atoms with Gasteiger partial charge in [0.1, 0.15) is 5.41 Å². The molecule has 4 heteroatoms. The van der Waals surface area contributed by atoms with Crippen molar-refractivity contribution in [1.82, 2.24) is 0 Å². The number of carbonyl (C=O) groups excluding carboxylic acids is 3. The lowest BCUT2D eigenvalue weighted by Gasteiger charge is -2.31. The van der Waals surface area contributed by atoms with Crippen molar-refractivity contribution in [1.29, 1.82) is 0 Å². The monoisotopic (exact) mass is 468 g/mol. The van der Waals surface area contributed by atoms with Crippen molar-refractivity contribution in [3.05, 3.63) is 23.3 Å². The molecular weight excluding hydrogens is 424 g/mol. The van der Waals surface area contributed by atoms with Gasteiger partial charge in [-0.25, -0.2) is 0 Å². The van der Waals surface area contributed by atoms with Crippen LogP contribution < -0.4 is 0 Å². The molecule has 0 aromatic rings. The third kappa shape index (κ3) is 3.05. The van der Waals surface area contributed by atoms with E-state index in [0.717, 1.165) is 36.8 Å². The summed E-state index contributed by atoms with van der Waals surface area (Å²) in [5.74, 6) is 0.476. The van der Waals surface area contributed by atoms with Gasteiger partial charge in [-0.2, -0.15) is 0 Å². The van der Waals surface area contributed by atoms with Crippen molar-refractivity contribution in [2.45, 2.75) is 94.4 Å². The first-order chi connectivity index (χ1) is 15.6. The van der Waals surface area contributed by atoms with Crippen molar-refractivity contribution in [3.63, 3.8) is 0 Å². The molecule has 0 aliphatic heterocycles. The molecular formula is C30H44O4. The average molecular weight is 469 g/mol. The van der Waals surface area contributed by atoms with Gasteiger partial charge in [0.25, 0.3) is 0 Å². The Labute approximate surface area is 206 Å². The van der Waals surface area contributed by atoms with Crippen molar-refractivity contribution in [2.24, 2.45) is 44.8 Å². The topological polar surface area (TPSA) is 60.4 Å². The highest BCUT2D eigenvalue weighted by Gasteiger charge is 2.66. The van der Waals surface area contributed by atoms with E-state index in [1.807, 2.05) is 19.1 Å². The molecule has 0 heterocycles. The molecule has 4 unspecified atom stereocenters. The van der Waals surface area contributed by atoms with Gasteiger partial charge in [-0.1, -0.05) is 67.5 Å². The molecule has 0 aromatic heterocycles. The van der Waals surface area contributed by atoms with E-state index in [0.29, 0.717) is 6.42 Å². The standard InChI is InChI=1S/C30H44O4/c1-10-34-25(33)30(15-18(2)3,16-19-21-11-13-28(8,23(19)31)26(21,4)5)17-20-22-12-14-29(9,24(20)32)27(22,6)7/h16-18,21-22H,10-15H2,1-9H3. The lowest BCUT2D eigenvalue weighted by atomic mass is 9.70. The summed E-state index contributed by atoms with van der Waals surface area (Å²) < 4.78 is 5.66. The minimum atomic E-state index is -1.10. The van der Waals surface area contributed by atoms with E-state index in [1.165, 1.54) is 0 Å². The Morgan fingerprint density at radius 3 is 1.62 bits per heavy atom. The zero-order valence-electron chi connectivity index (χ0n) is 22.8. The molecule has 34 heavy (non-hydrogen) atoms. The van der Waals surface area contributed by atoms with E-state index in [2.05, 4.69) is 55.4 Å². The fourth-order valence-electron chi connectivity index (χ4n) is 8.04. The number of allylic oxidation sites excluding steroid dienone is 2. The molecule has 4 rings (SSSR count). The maximum atomic E-state index is 13.8. The highest BCUT2D eigenvalue weighted by Crippen LogP contribution is 2.67. The second-order valence-corrected chi connectivity index (χ2v) is 13.5. The van der Waals surface area contributed by atoms with Crippen molar-refractivity contribution >= 4 is 17.5 Å². The molecule has 4 aliphatic carbocycles. The third-order valence-corrected chi connectivity index (χ3v) is 11.0. The van der Waals surface area contributed by atoms with Crippen LogP contribution in [0.1, 0.15) is 94.4 Å². The highest BCUT2D eigenvalue weighted by atomic mass is 16.5. The average Bonchev–Trinajstić information content (AvgIpc) is 3.21. The predicted octanol–water partition coefficient (Wildman–Crippen LogP) is 6.49. The SMILES string of the molecule is CCOC(=O)C(C=C1C(=O)C2(C)CCC1C2(C)C)(C=C1C(=O)C2(C)CCC1C2(C)C)CC(C)C. The first-order valence-electron chi connectivity index (χ1n) is 13.3. The Morgan fingerprint density at radius 2 is 1.32 bits per heavy atom. The summed E-state index contributed by atoms with van der Waals surface area (Å²) >= 11 is 0. The Kier molecular flexibility index (Phi) is 5.71. The van der Waals surface area contributed by atoms with Crippen LogP contribution in [0.25, 0.3) is 0 Å². The van der Waals surface area contributed by atoms with Crippen LogP contribution in [-0.2, 0) is 19.1 Å². The smallest absolute Gasteiger partial charge is 0.319 e. The molecule has 4 nitrogen and oxygen atoms in total. The minimum absolute atomic E-state index is 0.133. The Morgan fingerprint density at radius 1 is 0.912 bits per heavy atom. The van der Waals surface area contributed by atoms with Crippen LogP contribution >= 0.6 is 0 Å². The summed E-state index contributed by atoms with van der Waals surface area (Å²) in [5.41, 5.74) is -0.610. The summed E-state index contributed by atoms with van der Waals surface area (Å²) in [6.45, 7) is 19.2. The molecule has 4 atom stereocenters. The fourth-order valence-corrected chi connectivity index (χ4v) is 8.04. The highest BCUT2D eigenvalue weighted by molar-refractivity contribution is 6.07. The Bertz CT molecular complexity index is 929. The molecule has 4 saturated carbocycles. The van der Waals surface area contributed by atoms with Gasteiger partial charge in [0.15, 0.2) is 11.6 Å². The van der Waals surface area contributed by atoms with E-state index in [9.17, 15) is 14.4 Å². The van der Waals surface area contributed by atoms with Crippen LogP contribution in [0.4, 0.5) is 0 Å². The summed E-state index contributed by atoms with van der Waals surface area (Å²) in [6.07, 6.45) is 8.14. The molecule has 0 N–H and O–H groups in total. The lowest BCUT2D eigenvalue weighted by Crippen LogP contribution is -2.35. The largest absolute Gasteiger partial charge is 0.465 e. The fraction of sp³-hybridized carbons (Fsp3) is 0.767. The number of Topliss-reactive ketones (excluding diaryl/α,β-unsaturated/α-hetero) is 2. The molecule has 188 valence electrons. The molecule has 0 radical (unpaired) electrons. The molecule has 4 aliphatic rings. The van der Waals surface area contributed by atoms with Gasteiger partial charge in [-0.15, -0.1) is 0 Å². The zero-order chi connectivity index (χ0) is 25.5. The van der Waals surface area contributed by atoms with E-state index in [1.54, 1.807) is 0 Å². The van der Waals surface area contributed by atoms with Gasteiger partial charge in [-0.05, 0) is 78.8 Å². The number of esters is 1. The second-order valence-electron chi connectivity index (χ2n) is 13.5. The van der Waals surface area contributed by atoms with E-state index in [4.69, 9.17) is 4.74 Å². The van der Waals surface area contributed by atoms with Gasteiger partial charge in [0.05, 0.1) is 6.61 Å². The molecule has 0 spiro atoms. The van der Waals surface area contributed by atoms with Crippen LogP contribution in [-0.4, -0.2) is 24.1 Å². The number of hydrogen-bond donors (Lipinski definition) is 0. The maximum Gasteiger partial charge on any atom is 0.319 e. The number of carbonyl (C=O) groups is 3. The lowest BCUT2D eigenvalue weighted by molar-refractivity contribution is -0.150. The maximum absolute atomic E-state index is 13.8. The minimum Gasteiger partial charge on any atom is -0.465 e. The van der Waals surface area contributed by atoms with Gasteiger partial charge in [-0.3, -0.25) is 14.4 Å².